The van der Waals surface area contributed by atoms with Gasteiger partial charge in [-0.2, -0.15) is 0 Å². The first-order valence-corrected chi connectivity index (χ1v) is 11.3. The highest BCUT2D eigenvalue weighted by Crippen LogP contribution is 2.18. The third-order valence-corrected chi connectivity index (χ3v) is 9.10. The van der Waals surface area contributed by atoms with Gasteiger partial charge in [-0.1, -0.05) is 0 Å². The summed E-state index contributed by atoms with van der Waals surface area (Å²) in [6, 6.07) is 0. The van der Waals surface area contributed by atoms with Gasteiger partial charge in [-0.25, -0.2) is 9.13 Å². The third-order valence-electron chi connectivity index (χ3n) is 2.43. The van der Waals surface area contributed by atoms with Crippen LogP contribution in [0.3, 0.4) is 0 Å². The van der Waals surface area contributed by atoms with E-state index in [2.05, 4.69) is 54.0 Å². The zero-order chi connectivity index (χ0) is 10.4. The molecule has 0 saturated heterocycles. The highest BCUT2D eigenvalue weighted by atomic mass is 127. The fraction of sp³-hybridized carbons (Fsp3) is 0.667. The van der Waals surface area contributed by atoms with Crippen LogP contribution in [-0.4, -0.2) is 21.2 Å². The number of aromatic nitrogens is 2. The van der Waals surface area contributed by atoms with Gasteiger partial charge >= 0.3 is 0 Å². The summed E-state index contributed by atoms with van der Waals surface area (Å²) in [5, 5.41) is 0. The maximum atomic E-state index is 6.38. The fourth-order valence-corrected chi connectivity index (χ4v) is 11.0. The van der Waals surface area contributed by atoms with E-state index < -0.39 is 16.6 Å². The molecule has 0 N–H and O–H groups in total. The van der Waals surface area contributed by atoms with Crippen LogP contribution >= 0.6 is 0 Å². The van der Waals surface area contributed by atoms with Gasteiger partial charge < -0.3 is 28.1 Å². The summed E-state index contributed by atoms with van der Waals surface area (Å²) in [6.45, 7) is 9.27. The van der Waals surface area contributed by atoms with Crippen LogP contribution in [0.2, 0.25) is 26.2 Å². The number of halogens is 1. The average molecular weight is 354 g/mol. The van der Waals surface area contributed by atoms with Crippen LogP contribution in [0.5, 0.6) is 0 Å². The standard InChI is InChI=1S/C9H19N2OSi2.HI/c1-13(2)8-10-5-6-11(7-10)9-14(3,4)12-13;/h5-7H,8-9H2,1-4H3;1H/q+1;/p-1. The summed E-state index contributed by atoms with van der Waals surface area (Å²) in [6.07, 6.45) is 8.70. The minimum Gasteiger partial charge on any atom is -1.00 e. The molecule has 15 heavy (non-hydrogen) atoms. The molecule has 2 bridgehead atoms. The van der Waals surface area contributed by atoms with E-state index in [-0.39, 0.29) is 24.0 Å². The van der Waals surface area contributed by atoms with E-state index in [1.54, 1.807) is 0 Å². The molecule has 0 aromatic carbocycles. The Hall–Kier alpha value is 0.334. The molecule has 2 rings (SSSR count). The lowest BCUT2D eigenvalue weighted by atomic mass is 10.9. The number of hydrogen-bond acceptors (Lipinski definition) is 1. The molecule has 2 heterocycles. The Morgan fingerprint density at radius 1 is 1.20 bits per heavy atom. The van der Waals surface area contributed by atoms with Crippen LogP contribution in [0.1, 0.15) is 0 Å². The van der Waals surface area contributed by atoms with Crippen LogP contribution in [0.4, 0.5) is 0 Å². The van der Waals surface area contributed by atoms with E-state index in [1.165, 1.54) is 0 Å². The molecular formula is C9H19IN2OSi2. The number of rotatable bonds is 0. The van der Waals surface area contributed by atoms with Crippen molar-refractivity contribution in [1.82, 2.24) is 4.57 Å². The lowest BCUT2D eigenvalue weighted by molar-refractivity contribution is -0.681. The largest absolute Gasteiger partial charge is 1.00 e. The molecule has 0 atom stereocenters. The predicted molar refractivity (Wildman–Crippen MR) is 60.7 cm³/mol. The highest BCUT2D eigenvalue weighted by Gasteiger charge is 2.38. The number of nitrogens with zero attached hydrogens (tertiary/aromatic N) is 2. The molecular weight excluding hydrogens is 335 g/mol. The SMILES string of the molecule is C[Si]1(C)Cn2cc[n+](c2)C[Si](C)(C)O1.[I-]. The van der Waals surface area contributed by atoms with E-state index in [0.29, 0.717) is 0 Å². The molecule has 0 amide bonds. The van der Waals surface area contributed by atoms with Crippen molar-refractivity contribution in [3.8, 4) is 0 Å². The first-order chi connectivity index (χ1) is 6.36. The Balaban J connectivity index is 0.00000112. The van der Waals surface area contributed by atoms with Crippen molar-refractivity contribution in [2.45, 2.75) is 38.5 Å². The van der Waals surface area contributed by atoms with Gasteiger partial charge in [-0.05, 0) is 26.2 Å². The Bertz CT molecular complexity index is 321. The van der Waals surface area contributed by atoms with Crippen molar-refractivity contribution in [1.29, 1.82) is 0 Å². The molecule has 6 heteroatoms. The molecule has 0 fully saturated rings. The molecule has 0 aliphatic carbocycles. The summed E-state index contributed by atoms with van der Waals surface area (Å²) in [5.41, 5.74) is 0. The maximum absolute atomic E-state index is 6.38. The minimum atomic E-state index is -1.49. The van der Waals surface area contributed by atoms with Gasteiger partial charge in [0.25, 0.3) is 0 Å². The molecule has 1 aromatic rings. The van der Waals surface area contributed by atoms with Crippen LogP contribution in [0.25, 0.3) is 0 Å². The van der Waals surface area contributed by atoms with Crippen LogP contribution in [0.15, 0.2) is 18.7 Å². The Morgan fingerprint density at radius 2 is 1.87 bits per heavy atom. The van der Waals surface area contributed by atoms with Crippen LogP contribution in [0, 0.1) is 0 Å². The van der Waals surface area contributed by atoms with Crippen molar-refractivity contribution in [2.75, 3.05) is 0 Å². The monoisotopic (exact) mass is 354 g/mol. The summed E-state index contributed by atoms with van der Waals surface area (Å²) < 4.78 is 10.9. The quantitative estimate of drug-likeness (QED) is 0.309. The average Bonchev–Trinajstić information content (AvgIpc) is 2.28. The Labute approximate surface area is 111 Å². The minimum absolute atomic E-state index is 0. The molecule has 0 radical (unpaired) electrons. The highest BCUT2D eigenvalue weighted by molar-refractivity contribution is 6.83. The second-order valence-electron chi connectivity index (χ2n) is 5.38. The predicted octanol–water partition coefficient (Wildman–Crippen LogP) is -1.70. The van der Waals surface area contributed by atoms with E-state index in [9.17, 15) is 0 Å². The normalized spacial score (nSPS) is 22.4. The van der Waals surface area contributed by atoms with Crippen molar-refractivity contribution in [3.05, 3.63) is 18.7 Å². The van der Waals surface area contributed by atoms with Gasteiger partial charge in [0.05, 0.1) is 0 Å². The first kappa shape index (κ1) is 13.4. The number of fused-ring (bicyclic) bond motifs is 2. The Morgan fingerprint density at radius 3 is 2.53 bits per heavy atom. The van der Waals surface area contributed by atoms with Gasteiger partial charge in [-0.15, -0.1) is 0 Å². The molecule has 1 aliphatic heterocycles. The van der Waals surface area contributed by atoms with Crippen LogP contribution in [-0.2, 0) is 16.5 Å². The Kier molecular flexibility index (Phi) is 3.84. The summed E-state index contributed by atoms with van der Waals surface area (Å²) in [4.78, 5) is 0. The summed E-state index contributed by atoms with van der Waals surface area (Å²) in [5.74, 6) is 0. The van der Waals surface area contributed by atoms with Crippen molar-refractivity contribution in [2.24, 2.45) is 0 Å². The number of hydrogen-bond donors (Lipinski definition) is 0. The zero-order valence-electron chi connectivity index (χ0n) is 9.83. The molecule has 0 saturated carbocycles. The smallest absolute Gasteiger partial charge is 0.243 e. The van der Waals surface area contributed by atoms with E-state index >= 15 is 0 Å². The lowest BCUT2D eigenvalue weighted by Gasteiger charge is -2.32. The van der Waals surface area contributed by atoms with Crippen molar-refractivity contribution in [3.63, 3.8) is 0 Å². The van der Waals surface area contributed by atoms with E-state index in [4.69, 9.17) is 4.12 Å². The van der Waals surface area contributed by atoms with Gasteiger partial charge in [0.2, 0.25) is 23.0 Å². The van der Waals surface area contributed by atoms with E-state index in [1.807, 2.05) is 0 Å². The number of imidazole rings is 1. The topological polar surface area (TPSA) is 18.0 Å². The molecule has 3 nitrogen and oxygen atoms in total. The van der Waals surface area contributed by atoms with Gasteiger partial charge in [0, 0.05) is 0 Å². The molecule has 0 spiro atoms. The zero-order valence-corrected chi connectivity index (χ0v) is 14.0. The van der Waals surface area contributed by atoms with Gasteiger partial charge in [0.15, 0.2) is 0 Å². The second-order valence-corrected chi connectivity index (χ2v) is 13.9. The van der Waals surface area contributed by atoms with Gasteiger partial charge in [-0.3, -0.25) is 0 Å². The first-order valence-electron chi connectivity index (χ1n) is 5.11. The molecule has 1 aliphatic rings. The third kappa shape index (κ3) is 3.40. The fourth-order valence-electron chi connectivity index (χ4n) is 2.32. The van der Waals surface area contributed by atoms with Crippen molar-refractivity contribution >= 4 is 16.6 Å². The lowest BCUT2D eigenvalue weighted by Crippen LogP contribution is -3.00. The van der Waals surface area contributed by atoms with Crippen molar-refractivity contribution < 1.29 is 32.7 Å². The van der Waals surface area contributed by atoms with Crippen LogP contribution < -0.4 is 28.5 Å². The van der Waals surface area contributed by atoms with E-state index in [0.717, 1.165) is 12.3 Å². The molecule has 1 aromatic heterocycles. The second kappa shape index (κ2) is 4.30. The summed E-state index contributed by atoms with van der Waals surface area (Å²) >= 11 is 0. The maximum Gasteiger partial charge on any atom is 0.243 e. The molecule has 86 valence electrons. The summed E-state index contributed by atoms with van der Waals surface area (Å²) in [7, 11) is -2.97. The molecule has 0 unspecified atom stereocenters. The van der Waals surface area contributed by atoms with Gasteiger partial charge in [0.1, 0.15) is 24.7 Å².